The topological polar surface area (TPSA) is 66.4 Å². The highest BCUT2D eigenvalue weighted by Gasteiger charge is 2.30. The van der Waals surface area contributed by atoms with Crippen LogP contribution in [0.15, 0.2) is 21.1 Å². The van der Waals surface area contributed by atoms with Gasteiger partial charge >= 0.3 is 5.97 Å². The first-order chi connectivity index (χ1) is 9.40. The van der Waals surface area contributed by atoms with Gasteiger partial charge in [0.15, 0.2) is 0 Å². The summed E-state index contributed by atoms with van der Waals surface area (Å²) in [6, 6.07) is 3.21. The van der Waals surface area contributed by atoms with Crippen molar-refractivity contribution in [2.75, 3.05) is 5.32 Å². The second kappa shape index (κ2) is 6.26. The number of amides is 1. The molecule has 2 N–H and O–H groups in total. The van der Waals surface area contributed by atoms with Crippen LogP contribution in [0, 0.1) is 11.8 Å². The SMILES string of the molecule is CC1CCCC1C(=O)Nc1c(Br)cc(Br)cc1C(=O)O. The number of halogens is 2. The fourth-order valence-corrected chi connectivity index (χ4v) is 3.94. The lowest BCUT2D eigenvalue weighted by molar-refractivity contribution is -0.120. The number of hydrogen-bond donors (Lipinski definition) is 2. The fraction of sp³-hybridized carbons (Fsp3) is 0.429. The second-order valence-electron chi connectivity index (χ2n) is 5.12. The van der Waals surface area contributed by atoms with Gasteiger partial charge in [0.2, 0.25) is 5.91 Å². The number of rotatable bonds is 3. The number of carboxylic acid groups (broad SMARTS) is 1. The quantitative estimate of drug-likeness (QED) is 0.789. The van der Waals surface area contributed by atoms with E-state index in [1.807, 2.05) is 0 Å². The number of anilines is 1. The summed E-state index contributed by atoms with van der Waals surface area (Å²) < 4.78 is 1.21. The summed E-state index contributed by atoms with van der Waals surface area (Å²) in [7, 11) is 0. The molecule has 20 heavy (non-hydrogen) atoms. The summed E-state index contributed by atoms with van der Waals surface area (Å²) in [5.74, 6) is -0.855. The van der Waals surface area contributed by atoms with Gasteiger partial charge in [-0.3, -0.25) is 4.79 Å². The third-order valence-electron chi connectivity index (χ3n) is 3.73. The van der Waals surface area contributed by atoms with Crippen molar-refractivity contribution in [3.63, 3.8) is 0 Å². The van der Waals surface area contributed by atoms with Gasteiger partial charge < -0.3 is 10.4 Å². The van der Waals surface area contributed by atoms with Gasteiger partial charge in [-0.1, -0.05) is 29.3 Å². The van der Waals surface area contributed by atoms with E-state index in [-0.39, 0.29) is 17.4 Å². The molecule has 2 atom stereocenters. The van der Waals surface area contributed by atoms with Crippen LogP contribution < -0.4 is 5.32 Å². The van der Waals surface area contributed by atoms with Gasteiger partial charge in [-0.05, 0) is 46.8 Å². The molecule has 4 nitrogen and oxygen atoms in total. The Morgan fingerprint density at radius 3 is 2.55 bits per heavy atom. The van der Waals surface area contributed by atoms with Crippen LogP contribution in [0.1, 0.15) is 36.5 Å². The first-order valence-corrected chi connectivity index (χ1v) is 8.02. The van der Waals surface area contributed by atoms with Crippen LogP contribution >= 0.6 is 31.9 Å². The van der Waals surface area contributed by atoms with Crippen LogP contribution in [0.4, 0.5) is 5.69 Å². The van der Waals surface area contributed by atoms with Crippen LogP contribution in [0.25, 0.3) is 0 Å². The van der Waals surface area contributed by atoms with Crippen LogP contribution in [0.5, 0.6) is 0 Å². The average Bonchev–Trinajstić information content (AvgIpc) is 2.78. The second-order valence-corrected chi connectivity index (χ2v) is 6.89. The molecule has 0 aliphatic heterocycles. The molecule has 1 aromatic carbocycles. The minimum atomic E-state index is -1.07. The van der Waals surface area contributed by atoms with E-state index < -0.39 is 5.97 Å². The highest BCUT2D eigenvalue weighted by Crippen LogP contribution is 2.35. The molecular weight excluding hydrogens is 390 g/mol. The molecule has 1 fully saturated rings. The minimum absolute atomic E-state index is 0.0350. The number of carboxylic acids is 1. The zero-order chi connectivity index (χ0) is 14.9. The van der Waals surface area contributed by atoms with Gasteiger partial charge in [0.1, 0.15) is 0 Å². The maximum Gasteiger partial charge on any atom is 0.337 e. The lowest BCUT2D eigenvalue weighted by atomic mass is 9.97. The van der Waals surface area contributed by atoms with Crippen molar-refractivity contribution in [2.24, 2.45) is 11.8 Å². The average molecular weight is 405 g/mol. The molecule has 1 aromatic rings. The lowest BCUT2D eigenvalue weighted by Gasteiger charge is -2.17. The van der Waals surface area contributed by atoms with Gasteiger partial charge in [-0.25, -0.2) is 4.79 Å². The summed E-state index contributed by atoms with van der Waals surface area (Å²) >= 11 is 6.56. The molecule has 1 aliphatic rings. The van der Waals surface area contributed by atoms with Crippen molar-refractivity contribution in [1.82, 2.24) is 0 Å². The summed E-state index contributed by atoms with van der Waals surface area (Å²) in [6.45, 7) is 2.06. The van der Waals surface area contributed by atoms with Gasteiger partial charge in [0, 0.05) is 14.9 Å². The Labute approximate surface area is 134 Å². The molecule has 0 bridgehead atoms. The Morgan fingerprint density at radius 2 is 2.00 bits per heavy atom. The molecule has 6 heteroatoms. The maximum absolute atomic E-state index is 12.3. The number of nitrogens with one attached hydrogen (secondary N) is 1. The van der Waals surface area contributed by atoms with E-state index in [0.29, 0.717) is 20.6 Å². The predicted octanol–water partition coefficient (Wildman–Crippen LogP) is 4.28. The summed E-state index contributed by atoms with van der Waals surface area (Å²) in [6.07, 6.45) is 2.96. The smallest absolute Gasteiger partial charge is 0.337 e. The molecule has 108 valence electrons. The lowest BCUT2D eigenvalue weighted by Crippen LogP contribution is -2.25. The van der Waals surface area contributed by atoms with E-state index in [1.165, 1.54) is 6.07 Å². The largest absolute Gasteiger partial charge is 0.478 e. The number of carbonyl (C=O) groups is 2. The Bertz CT molecular complexity index is 560. The number of benzene rings is 1. The Morgan fingerprint density at radius 1 is 1.30 bits per heavy atom. The first-order valence-electron chi connectivity index (χ1n) is 6.43. The van der Waals surface area contributed by atoms with Gasteiger partial charge in [0.25, 0.3) is 0 Å². The van der Waals surface area contributed by atoms with E-state index in [2.05, 4.69) is 44.1 Å². The normalized spacial score (nSPS) is 21.8. The third kappa shape index (κ3) is 3.23. The standard InChI is InChI=1S/C14H15Br2NO3/c1-7-3-2-4-9(7)13(18)17-12-10(14(19)20)5-8(15)6-11(12)16/h5-7,9H,2-4H2,1H3,(H,17,18)(H,19,20). The molecule has 2 rings (SSSR count). The van der Waals surface area contributed by atoms with E-state index in [0.717, 1.165) is 19.3 Å². The Balaban J connectivity index is 2.29. The van der Waals surface area contributed by atoms with Gasteiger partial charge in [-0.15, -0.1) is 0 Å². The fourth-order valence-electron chi connectivity index (χ4n) is 2.62. The predicted molar refractivity (Wildman–Crippen MR) is 83.9 cm³/mol. The summed E-state index contributed by atoms with van der Waals surface area (Å²) in [4.78, 5) is 23.6. The van der Waals surface area contributed by atoms with Crippen molar-refractivity contribution in [3.05, 3.63) is 26.6 Å². The monoisotopic (exact) mass is 403 g/mol. The molecule has 1 aliphatic carbocycles. The molecule has 0 saturated heterocycles. The Hall–Kier alpha value is -0.880. The molecule has 0 heterocycles. The van der Waals surface area contributed by atoms with Crippen molar-refractivity contribution in [3.8, 4) is 0 Å². The number of carbonyl (C=O) groups excluding carboxylic acids is 1. The van der Waals surface area contributed by atoms with E-state index >= 15 is 0 Å². The van der Waals surface area contributed by atoms with Gasteiger partial charge in [-0.2, -0.15) is 0 Å². The molecule has 0 aromatic heterocycles. The molecule has 1 amide bonds. The molecular formula is C14H15Br2NO3. The number of hydrogen-bond acceptors (Lipinski definition) is 2. The van der Waals surface area contributed by atoms with Crippen molar-refractivity contribution >= 4 is 49.4 Å². The molecule has 1 saturated carbocycles. The first kappa shape index (κ1) is 15.5. The third-order valence-corrected chi connectivity index (χ3v) is 4.82. The van der Waals surface area contributed by atoms with Crippen LogP contribution in [0.3, 0.4) is 0 Å². The molecule has 0 radical (unpaired) electrons. The van der Waals surface area contributed by atoms with Crippen molar-refractivity contribution in [2.45, 2.75) is 26.2 Å². The molecule has 0 spiro atoms. The summed E-state index contributed by atoms with van der Waals surface area (Å²) in [5, 5.41) is 12.0. The van der Waals surface area contributed by atoms with Gasteiger partial charge in [0.05, 0.1) is 11.3 Å². The van der Waals surface area contributed by atoms with Crippen molar-refractivity contribution in [1.29, 1.82) is 0 Å². The molecule has 2 unspecified atom stereocenters. The van der Waals surface area contributed by atoms with E-state index in [1.54, 1.807) is 6.07 Å². The number of aromatic carboxylic acids is 1. The highest BCUT2D eigenvalue weighted by atomic mass is 79.9. The highest BCUT2D eigenvalue weighted by molar-refractivity contribution is 9.11. The van der Waals surface area contributed by atoms with E-state index in [4.69, 9.17) is 0 Å². The van der Waals surface area contributed by atoms with Crippen LogP contribution in [0.2, 0.25) is 0 Å². The van der Waals surface area contributed by atoms with Crippen LogP contribution in [-0.2, 0) is 4.79 Å². The maximum atomic E-state index is 12.3. The Kier molecular flexibility index (Phi) is 4.86. The zero-order valence-corrected chi connectivity index (χ0v) is 14.1. The summed E-state index contributed by atoms with van der Waals surface area (Å²) in [5.41, 5.74) is 0.398. The van der Waals surface area contributed by atoms with Crippen LogP contribution in [-0.4, -0.2) is 17.0 Å². The minimum Gasteiger partial charge on any atom is -0.478 e. The zero-order valence-electron chi connectivity index (χ0n) is 11.0. The van der Waals surface area contributed by atoms with E-state index in [9.17, 15) is 14.7 Å². The van der Waals surface area contributed by atoms with Crippen molar-refractivity contribution < 1.29 is 14.7 Å².